The van der Waals surface area contributed by atoms with E-state index in [9.17, 15) is 37.1 Å². The van der Waals surface area contributed by atoms with Crippen molar-refractivity contribution in [1.29, 1.82) is 0 Å². The van der Waals surface area contributed by atoms with Crippen molar-refractivity contribution in [3.63, 3.8) is 0 Å². The molecular formula is C54H74F3N11O7. The Hall–Kier alpha value is -5.64. The van der Waals surface area contributed by atoms with Crippen LogP contribution in [-0.2, 0) is 39.6 Å². The van der Waals surface area contributed by atoms with Gasteiger partial charge in [0.25, 0.3) is 0 Å². The number of aromatic nitrogens is 3. The highest BCUT2D eigenvalue weighted by atomic mass is 19.4. The van der Waals surface area contributed by atoms with Gasteiger partial charge in [0, 0.05) is 99.0 Å². The molecule has 5 amide bonds. The summed E-state index contributed by atoms with van der Waals surface area (Å²) < 4.78 is 52.1. The number of likely N-dealkylation sites (tertiary alicyclic amines) is 3. The van der Waals surface area contributed by atoms with Crippen LogP contribution in [0.15, 0.2) is 54.0 Å². The van der Waals surface area contributed by atoms with Gasteiger partial charge in [0.2, 0.25) is 29.5 Å². The van der Waals surface area contributed by atoms with Gasteiger partial charge in [-0.3, -0.25) is 29.0 Å². The monoisotopic (exact) mass is 1050 g/mol. The Kier molecular flexibility index (Phi) is 18.9. The number of piperidine rings is 1. The molecule has 0 spiro atoms. The number of carbonyl (C=O) groups excluding carboxylic acids is 5. The van der Waals surface area contributed by atoms with Crippen LogP contribution in [0.1, 0.15) is 102 Å². The number of rotatable bonds is 20. The van der Waals surface area contributed by atoms with E-state index in [2.05, 4.69) is 66.6 Å². The van der Waals surface area contributed by atoms with Crippen LogP contribution in [0.3, 0.4) is 0 Å². The third kappa shape index (κ3) is 13.9. The zero-order valence-corrected chi connectivity index (χ0v) is 43.7. The highest BCUT2D eigenvalue weighted by Gasteiger charge is 2.44. The molecule has 2 aliphatic carbocycles. The number of hydrogen-bond acceptors (Lipinski definition) is 13. The van der Waals surface area contributed by atoms with Gasteiger partial charge >= 0.3 is 6.18 Å². The third-order valence-corrected chi connectivity index (χ3v) is 16.4. The fourth-order valence-electron chi connectivity index (χ4n) is 11.9. The van der Waals surface area contributed by atoms with Crippen molar-refractivity contribution in [2.24, 2.45) is 28.7 Å². The van der Waals surface area contributed by atoms with Crippen LogP contribution in [0.4, 0.5) is 19.0 Å². The number of benzene rings is 1. The molecule has 0 bridgehead atoms. The second-order valence-electron chi connectivity index (χ2n) is 21.2. The van der Waals surface area contributed by atoms with Gasteiger partial charge < -0.3 is 45.0 Å². The minimum atomic E-state index is -4.54. The number of pyridine rings is 1. The number of nitrogens with one attached hydrogen (secondary N) is 3. The Bertz CT molecular complexity index is 2470. The number of carbonyl (C=O) groups is 5. The Labute approximate surface area is 437 Å². The highest BCUT2D eigenvalue weighted by Crippen LogP contribution is 2.39. The number of hydrogen-bond donors (Lipinski definition) is 3. The summed E-state index contributed by atoms with van der Waals surface area (Å²) in [4.78, 5) is 91.6. The van der Waals surface area contributed by atoms with Crippen molar-refractivity contribution in [1.82, 2.24) is 45.2 Å². The molecule has 1 aromatic carbocycles. The van der Waals surface area contributed by atoms with E-state index >= 15 is 0 Å². The molecule has 2 saturated carbocycles. The van der Waals surface area contributed by atoms with Crippen LogP contribution < -0.4 is 16.0 Å². The molecule has 3 aromatic rings. The summed E-state index contributed by atoms with van der Waals surface area (Å²) in [6, 6.07) is 6.68. The number of halogens is 3. The maximum atomic E-state index is 14.1. The number of anilines is 1. The van der Waals surface area contributed by atoms with Gasteiger partial charge in [0.1, 0.15) is 18.2 Å². The predicted octanol–water partition coefficient (Wildman–Crippen LogP) is 5.29. The van der Waals surface area contributed by atoms with Gasteiger partial charge in [-0.15, -0.1) is 0 Å². The Morgan fingerprint density at radius 3 is 2.28 bits per heavy atom. The van der Waals surface area contributed by atoms with E-state index in [1.807, 2.05) is 11.0 Å². The van der Waals surface area contributed by atoms with Gasteiger partial charge in [-0.05, 0) is 128 Å². The number of amides is 5. The summed E-state index contributed by atoms with van der Waals surface area (Å²) in [7, 11) is 3.81. The molecule has 3 N–H and O–H groups in total. The second kappa shape index (κ2) is 25.5. The van der Waals surface area contributed by atoms with Crippen LogP contribution >= 0.6 is 0 Å². The second-order valence-corrected chi connectivity index (χ2v) is 21.2. The van der Waals surface area contributed by atoms with Crippen molar-refractivity contribution in [3.05, 3.63) is 60.2 Å². The van der Waals surface area contributed by atoms with Crippen LogP contribution in [0.2, 0.25) is 0 Å². The molecule has 21 heteroatoms. The number of fused-ring (bicyclic) bond motifs is 1. The average molecular weight is 1050 g/mol. The van der Waals surface area contributed by atoms with Gasteiger partial charge in [0.15, 0.2) is 0 Å². The first kappa shape index (κ1) is 55.6. The van der Waals surface area contributed by atoms with Crippen molar-refractivity contribution < 1.29 is 46.6 Å². The van der Waals surface area contributed by atoms with E-state index in [1.54, 1.807) is 36.6 Å². The Morgan fingerprint density at radius 1 is 0.880 bits per heavy atom. The van der Waals surface area contributed by atoms with Crippen molar-refractivity contribution in [2.45, 2.75) is 127 Å². The van der Waals surface area contributed by atoms with E-state index in [0.717, 1.165) is 88.6 Å². The summed E-state index contributed by atoms with van der Waals surface area (Å²) in [5, 5.41) is 9.25. The molecule has 408 valence electrons. The molecule has 5 fully saturated rings. The first-order valence-corrected chi connectivity index (χ1v) is 26.9. The topological polar surface area (TPSA) is 204 Å². The zero-order chi connectivity index (χ0) is 53.2. The number of ether oxygens (including phenoxy) is 2. The molecule has 0 radical (unpaired) electrons. The lowest BCUT2D eigenvalue weighted by Crippen LogP contribution is -2.51. The molecule has 5 heterocycles. The standard InChI is InChI=1S/C54H74F3N11O7/c1-34(2)65(3)41-12-14-46(68-23-17-45(53(68)73)64-49-42-29-39(54(55,56)57)9-13-44(42)62-33-63-49)38(28-41)32-61-51(71)35-7-10-40(11-8-35)67-21-15-36(16-22-67)50(70)59-19-24-74-26-27-75-25-20-60-52(72)43-30-47(69)66(4)48(43)37-6-5-18-58-31-37/h5-6,9,13,18,29,31-36,38,40-41,43,45-46,48H,7-8,10-12,14-17,19-28,30H2,1-4H3,(H,59,70)(H,60,72)(H,62,63,64)/t35?,38?,40?,41-,43+,45+,46+,48-/m1/s1. The Balaban J connectivity index is 0.721. The van der Waals surface area contributed by atoms with Gasteiger partial charge in [-0.1, -0.05) is 6.07 Å². The molecule has 2 aromatic heterocycles. The summed E-state index contributed by atoms with van der Waals surface area (Å²) in [5.74, 6) is -1.21. The summed E-state index contributed by atoms with van der Waals surface area (Å²) in [6.07, 6.45) is 9.62. The predicted molar refractivity (Wildman–Crippen MR) is 275 cm³/mol. The van der Waals surface area contributed by atoms with Crippen molar-refractivity contribution in [3.8, 4) is 0 Å². The first-order chi connectivity index (χ1) is 36.1. The molecule has 3 saturated heterocycles. The van der Waals surface area contributed by atoms with Gasteiger partial charge in [0.05, 0.1) is 49.5 Å². The molecule has 18 nitrogen and oxygen atoms in total. The molecule has 75 heavy (non-hydrogen) atoms. The number of nitrogens with zero attached hydrogens (tertiary/aromatic N) is 8. The smallest absolute Gasteiger partial charge is 0.377 e. The van der Waals surface area contributed by atoms with Gasteiger partial charge in [-0.2, -0.15) is 13.2 Å². The van der Waals surface area contributed by atoms with E-state index in [1.165, 1.54) is 12.4 Å². The van der Waals surface area contributed by atoms with Gasteiger partial charge in [-0.25, -0.2) is 15.0 Å². The minimum Gasteiger partial charge on any atom is -0.377 e. The maximum absolute atomic E-state index is 14.1. The molecule has 1 unspecified atom stereocenters. The van der Waals surface area contributed by atoms with E-state index in [4.69, 9.17) is 9.47 Å². The molecule has 3 aliphatic heterocycles. The van der Waals surface area contributed by atoms with Crippen molar-refractivity contribution in [2.75, 3.05) is 78.6 Å². The molecule has 5 aliphatic rings. The fraction of sp³-hybridized carbons (Fsp3) is 0.648. The average Bonchev–Trinajstić information content (AvgIpc) is 3.93. The lowest BCUT2D eigenvalue weighted by molar-refractivity contribution is -0.137. The maximum Gasteiger partial charge on any atom is 0.416 e. The minimum absolute atomic E-state index is 0.0354. The van der Waals surface area contributed by atoms with Crippen molar-refractivity contribution >= 4 is 52.5 Å². The number of alkyl halides is 3. The van der Waals surface area contributed by atoms with E-state index in [-0.39, 0.29) is 83.0 Å². The molecule has 8 rings (SSSR count). The van der Waals surface area contributed by atoms with Crippen LogP contribution in [0, 0.1) is 23.7 Å². The SMILES string of the molecule is CC(C)N(C)[C@@H]1CC[C@H](N2CC[C@H](Nc3ncnc4ccc(C(F)(F)F)cc34)C2=O)C(C=NC(=O)C2CCC(N3CCC(C(=O)NCCOCCOCCNC(=O)[C@H]4CC(=O)N(C)[C@@H]4c4cccnc4)CC3)CC2)C1. The highest BCUT2D eigenvalue weighted by molar-refractivity contribution is 5.94. The summed E-state index contributed by atoms with van der Waals surface area (Å²) in [5.41, 5.74) is 0.353. The normalized spacial score (nSPS) is 26.3. The lowest BCUT2D eigenvalue weighted by Gasteiger charge is -2.43. The Morgan fingerprint density at radius 2 is 1.60 bits per heavy atom. The lowest BCUT2D eigenvalue weighted by atomic mass is 9.80. The first-order valence-electron chi connectivity index (χ1n) is 26.9. The third-order valence-electron chi connectivity index (χ3n) is 16.4. The zero-order valence-electron chi connectivity index (χ0n) is 43.7. The summed E-state index contributed by atoms with van der Waals surface area (Å²) in [6.45, 7) is 8.47. The quantitative estimate of drug-likeness (QED) is 0.0975. The number of aliphatic imine (C=N–C) groups is 1. The fourth-order valence-corrected chi connectivity index (χ4v) is 11.9. The largest absolute Gasteiger partial charge is 0.416 e. The molecule has 6 atom stereocenters. The van der Waals surface area contributed by atoms with E-state index in [0.29, 0.717) is 70.1 Å². The van der Waals surface area contributed by atoms with E-state index < -0.39 is 23.7 Å². The summed E-state index contributed by atoms with van der Waals surface area (Å²) >= 11 is 0. The van der Waals surface area contributed by atoms with Crippen LogP contribution in [0.25, 0.3) is 10.9 Å². The molecular weight excluding hydrogens is 972 g/mol. The van der Waals surface area contributed by atoms with Crippen LogP contribution in [0.5, 0.6) is 0 Å². The van der Waals surface area contributed by atoms with Crippen LogP contribution in [-0.4, -0.2) is 174 Å².